The highest BCUT2D eigenvalue weighted by Gasteiger charge is 2.01. The fourth-order valence-corrected chi connectivity index (χ4v) is 2.03. The van der Waals surface area contributed by atoms with Crippen LogP contribution < -0.4 is 0 Å². The second-order valence-corrected chi connectivity index (χ2v) is 4.53. The Kier molecular flexibility index (Phi) is 2.53. The average Bonchev–Trinajstić information content (AvgIpc) is 2.62. The summed E-state index contributed by atoms with van der Waals surface area (Å²) >= 11 is 12.8. The van der Waals surface area contributed by atoms with Gasteiger partial charge in [-0.25, -0.2) is 4.98 Å². The van der Waals surface area contributed by atoms with Gasteiger partial charge >= 0.3 is 0 Å². The molecule has 0 aliphatic heterocycles. The minimum atomic E-state index is 0.489. The highest BCUT2D eigenvalue weighted by molar-refractivity contribution is 7.15. The van der Waals surface area contributed by atoms with Crippen LogP contribution in [0, 0.1) is 0 Å². The Morgan fingerprint density at radius 3 is 2.85 bits per heavy atom. The topological polar surface area (TPSA) is 30.7 Å². The van der Waals surface area contributed by atoms with Gasteiger partial charge in [-0.1, -0.05) is 23.2 Å². The van der Waals surface area contributed by atoms with Crippen LogP contribution in [0.25, 0.3) is 0 Å². The Morgan fingerprint density at radius 1 is 1.46 bits per heavy atom. The van der Waals surface area contributed by atoms with Crippen molar-refractivity contribution in [2.75, 3.05) is 0 Å². The van der Waals surface area contributed by atoms with Crippen molar-refractivity contribution in [1.29, 1.82) is 0 Å². The molecule has 0 aliphatic rings. The van der Waals surface area contributed by atoms with Gasteiger partial charge < -0.3 is 0 Å². The summed E-state index contributed by atoms with van der Waals surface area (Å²) in [7, 11) is 0. The molecule has 0 saturated heterocycles. The summed E-state index contributed by atoms with van der Waals surface area (Å²) in [5.41, 5.74) is 0. The molecule has 0 N–H and O–H groups in total. The maximum absolute atomic E-state index is 5.73. The van der Waals surface area contributed by atoms with Crippen LogP contribution in [-0.2, 0) is 6.54 Å². The van der Waals surface area contributed by atoms with Gasteiger partial charge in [-0.05, 0) is 6.07 Å². The largest absolute Gasteiger partial charge is 0.264 e. The van der Waals surface area contributed by atoms with E-state index >= 15 is 0 Å². The maximum atomic E-state index is 5.73. The third-order valence-electron chi connectivity index (χ3n) is 1.43. The van der Waals surface area contributed by atoms with Gasteiger partial charge in [-0.2, -0.15) is 5.10 Å². The summed E-state index contributed by atoms with van der Waals surface area (Å²) in [6, 6.07) is 1.73. The number of hydrogen-bond donors (Lipinski definition) is 0. The summed E-state index contributed by atoms with van der Waals surface area (Å²) in [6.45, 7) is 0.615. The molecule has 0 amide bonds. The number of halogens is 2. The van der Waals surface area contributed by atoms with Crippen LogP contribution in [0.15, 0.2) is 18.5 Å². The lowest BCUT2D eigenvalue weighted by molar-refractivity contribution is 0.683. The van der Waals surface area contributed by atoms with E-state index in [0.29, 0.717) is 16.0 Å². The van der Waals surface area contributed by atoms with E-state index < -0.39 is 0 Å². The van der Waals surface area contributed by atoms with Gasteiger partial charge in [0.15, 0.2) is 5.15 Å². The molecule has 6 heteroatoms. The second kappa shape index (κ2) is 3.65. The van der Waals surface area contributed by atoms with Gasteiger partial charge in [0.2, 0.25) is 0 Å². The Hall–Kier alpha value is -0.580. The van der Waals surface area contributed by atoms with Crippen molar-refractivity contribution in [3.63, 3.8) is 0 Å². The molecule has 0 bridgehead atoms. The minimum absolute atomic E-state index is 0.489. The molecule has 3 nitrogen and oxygen atoms in total. The summed E-state index contributed by atoms with van der Waals surface area (Å²) < 4.78 is 2.41. The van der Waals surface area contributed by atoms with Gasteiger partial charge in [0.05, 0.1) is 12.7 Å². The van der Waals surface area contributed by atoms with Crippen LogP contribution in [0.1, 0.15) is 5.01 Å². The molecule has 0 spiro atoms. The molecule has 13 heavy (non-hydrogen) atoms. The summed E-state index contributed by atoms with van der Waals surface area (Å²) in [4.78, 5) is 4.10. The predicted octanol–water partition coefficient (Wildman–Crippen LogP) is 2.69. The van der Waals surface area contributed by atoms with Gasteiger partial charge in [0.25, 0.3) is 0 Å². The highest BCUT2D eigenvalue weighted by atomic mass is 35.5. The molecule has 2 rings (SSSR count). The van der Waals surface area contributed by atoms with E-state index in [9.17, 15) is 0 Å². The van der Waals surface area contributed by atoms with Crippen molar-refractivity contribution >= 4 is 34.5 Å². The van der Waals surface area contributed by atoms with Crippen LogP contribution in [0.4, 0.5) is 0 Å². The number of hydrogen-bond acceptors (Lipinski definition) is 3. The first kappa shape index (κ1) is 8.99. The van der Waals surface area contributed by atoms with Gasteiger partial charge in [-0.15, -0.1) is 11.3 Å². The van der Waals surface area contributed by atoms with E-state index in [-0.39, 0.29) is 0 Å². The van der Waals surface area contributed by atoms with E-state index in [1.165, 1.54) is 11.3 Å². The quantitative estimate of drug-likeness (QED) is 0.799. The standard InChI is InChI=1S/C7H5Cl2N3S/c8-5-1-2-12(11-5)4-7-10-3-6(9)13-7/h1-3H,4H2. The van der Waals surface area contributed by atoms with Gasteiger partial charge in [-0.3, -0.25) is 4.68 Å². The summed E-state index contributed by atoms with van der Waals surface area (Å²) in [5, 5.41) is 5.43. The van der Waals surface area contributed by atoms with Crippen LogP contribution in [0.2, 0.25) is 9.49 Å². The normalized spacial score (nSPS) is 10.6. The lowest BCUT2D eigenvalue weighted by Crippen LogP contribution is -1.98. The predicted molar refractivity (Wildman–Crippen MR) is 53.5 cm³/mol. The third kappa shape index (κ3) is 2.21. The second-order valence-electron chi connectivity index (χ2n) is 2.39. The molecule has 0 unspecified atom stereocenters. The monoisotopic (exact) mass is 233 g/mol. The lowest BCUT2D eigenvalue weighted by Gasteiger charge is -1.94. The molecule has 68 valence electrons. The molecule has 2 aromatic rings. The number of nitrogens with zero attached hydrogens (tertiary/aromatic N) is 3. The van der Waals surface area contributed by atoms with Gasteiger partial charge in [0.1, 0.15) is 9.34 Å². The number of aromatic nitrogens is 3. The van der Waals surface area contributed by atoms with Crippen molar-refractivity contribution in [3.8, 4) is 0 Å². The van der Waals surface area contributed by atoms with Crippen molar-refractivity contribution in [2.24, 2.45) is 0 Å². The zero-order valence-corrected chi connectivity index (χ0v) is 8.77. The van der Waals surface area contributed by atoms with Crippen LogP contribution in [0.5, 0.6) is 0 Å². The van der Waals surface area contributed by atoms with E-state index in [2.05, 4.69) is 10.1 Å². The smallest absolute Gasteiger partial charge is 0.151 e. The SMILES string of the molecule is Clc1ccn(Cc2ncc(Cl)s2)n1. The maximum Gasteiger partial charge on any atom is 0.151 e. The van der Waals surface area contributed by atoms with Crippen molar-refractivity contribution in [2.45, 2.75) is 6.54 Å². The molecule has 2 aromatic heterocycles. The van der Waals surface area contributed by atoms with Crippen molar-refractivity contribution in [3.05, 3.63) is 33.0 Å². The number of rotatable bonds is 2. The molecular weight excluding hydrogens is 229 g/mol. The van der Waals surface area contributed by atoms with Crippen molar-refractivity contribution in [1.82, 2.24) is 14.8 Å². The fraction of sp³-hybridized carbons (Fsp3) is 0.143. The van der Waals surface area contributed by atoms with E-state index in [1.807, 2.05) is 0 Å². The van der Waals surface area contributed by atoms with E-state index in [4.69, 9.17) is 23.2 Å². The van der Waals surface area contributed by atoms with Gasteiger partial charge in [0, 0.05) is 6.20 Å². The zero-order chi connectivity index (χ0) is 9.26. The summed E-state index contributed by atoms with van der Waals surface area (Å²) in [6.07, 6.45) is 3.43. The van der Waals surface area contributed by atoms with E-state index in [0.717, 1.165) is 5.01 Å². The highest BCUT2D eigenvalue weighted by Crippen LogP contribution is 2.19. The lowest BCUT2D eigenvalue weighted by atomic mass is 10.6. The van der Waals surface area contributed by atoms with E-state index in [1.54, 1.807) is 23.1 Å². The average molecular weight is 234 g/mol. The Labute approximate surface area is 88.9 Å². The zero-order valence-electron chi connectivity index (χ0n) is 6.44. The Morgan fingerprint density at radius 2 is 2.31 bits per heavy atom. The molecule has 0 fully saturated rings. The molecule has 0 aliphatic carbocycles. The first-order chi connectivity index (χ1) is 6.24. The molecule has 0 saturated carbocycles. The molecule has 0 radical (unpaired) electrons. The molecule has 0 aromatic carbocycles. The number of thiazole rings is 1. The first-order valence-corrected chi connectivity index (χ1v) is 5.10. The van der Waals surface area contributed by atoms with Crippen molar-refractivity contribution < 1.29 is 0 Å². The Bertz CT molecular complexity index is 371. The molecule has 2 heterocycles. The Balaban J connectivity index is 2.14. The fourth-order valence-electron chi connectivity index (χ4n) is 0.925. The van der Waals surface area contributed by atoms with Crippen LogP contribution in [-0.4, -0.2) is 14.8 Å². The first-order valence-electron chi connectivity index (χ1n) is 3.53. The van der Waals surface area contributed by atoms with Crippen LogP contribution in [0.3, 0.4) is 0 Å². The third-order valence-corrected chi connectivity index (χ3v) is 2.73. The van der Waals surface area contributed by atoms with Crippen LogP contribution >= 0.6 is 34.5 Å². The molecule has 0 atom stereocenters. The molecular formula is C7H5Cl2N3S. The minimum Gasteiger partial charge on any atom is -0.264 e. The summed E-state index contributed by atoms with van der Waals surface area (Å²) in [5.74, 6) is 0.